The third-order valence-electron chi connectivity index (χ3n) is 6.92. The highest BCUT2D eigenvalue weighted by Crippen LogP contribution is 2.48. The molecule has 0 radical (unpaired) electrons. The van der Waals surface area contributed by atoms with Crippen LogP contribution in [0.1, 0.15) is 75.2 Å². The summed E-state index contributed by atoms with van der Waals surface area (Å²) in [4.78, 5) is 15.5. The fraction of sp³-hybridized carbons (Fsp3) is 0.560. The Bertz CT molecular complexity index is 829. The summed E-state index contributed by atoms with van der Waals surface area (Å²) in [6, 6.07) is 3.03. The minimum absolute atomic E-state index is 0.0471. The summed E-state index contributed by atoms with van der Waals surface area (Å²) in [6.45, 7) is 12.9. The number of carbonyl (C=O) groups is 1. The summed E-state index contributed by atoms with van der Waals surface area (Å²) in [5.74, 6) is -2.37. The Hall–Kier alpha value is -1.81. The highest BCUT2D eigenvalue weighted by Gasteiger charge is 2.37. The van der Waals surface area contributed by atoms with Crippen molar-refractivity contribution in [3.05, 3.63) is 58.2 Å². The normalized spacial score (nSPS) is 19.6. The summed E-state index contributed by atoms with van der Waals surface area (Å²) >= 11 is 0. The lowest BCUT2D eigenvalue weighted by Crippen LogP contribution is -2.29. The maximum Gasteiger partial charge on any atom is 0.196 e. The van der Waals surface area contributed by atoms with Gasteiger partial charge in [-0.1, -0.05) is 31.6 Å². The van der Waals surface area contributed by atoms with Crippen molar-refractivity contribution in [3.63, 3.8) is 0 Å². The van der Waals surface area contributed by atoms with Gasteiger partial charge in [0.15, 0.2) is 17.4 Å². The molecule has 0 N–H and O–H groups in total. The zero-order valence-corrected chi connectivity index (χ0v) is 18.0. The first-order valence-corrected chi connectivity index (χ1v) is 10.9. The van der Waals surface area contributed by atoms with Crippen LogP contribution in [0.2, 0.25) is 0 Å². The van der Waals surface area contributed by atoms with E-state index in [1.165, 1.54) is 18.9 Å². The van der Waals surface area contributed by atoms with Crippen LogP contribution < -0.4 is 0 Å². The molecule has 2 nitrogen and oxygen atoms in total. The average Bonchev–Trinajstić information content (AvgIpc) is 3.16. The molecule has 1 aromatic rings. The number of nitrogens with zero attached hydrogens (tertiary/aromatic N) is 1. The number of carbonyl (C=O) groups excluding carboxylic acids is 1. The lowest BCUT2D eigenvalue weighted by Gasteiger charge is -2.41. The van der Waals surface area contributed by atoms with E-state index in [9.17, 15) is 13.6 Å². The first-order chi connectivity index (χ1) is 13.7. The van der Waals surface area contributed by atoms with E-state index in [4.69, 9.17) is 0 Å². The number of hydrogen-bond donors (Lipinski definition) is 0. The van der Waals surface area contributed by atoms with Crippen molar-refractivity contribution in [1.82, 2.24) is 4.90 Å². The van der Waals surface area contributed by atoms with Crippen molar-refractivity contribution >= 4 is 5.78 Å². The number of allylic oxidation sites excluding steroid dienone is 3. The Morgan fingerprint density at radius 2 is 1.76 bits per heavy atom. The number of Topliss-reactive ketones (excluding diaryl/α,β-unsaturated/α-hetero) is 1. The maximum atomic E-state index is 14.9. The highest BCUT2D eigenvalue weighted by molar-refractivity contribution is 6.12. The number of halogens is 2. The van der Waals surface area contributed by atoms with Crippen molar-refractivity contribution in [3.8, 4) is 0 Å². The van der Waals surface area contributed by atoms with E-state index in [0.29, 0.717) is 23.1 Å². The van der Waals surface area contributed by atoms with Crippen LogP contribution in [0.3, 0.4) is 0 Å². The molecule has 1 aliphatic carbocycles. The van der Waals surface area contributed by atoms with Gasteiger partial charge in [-0.25, -0.2) is 8.78 Å². The zero-order chi connectivity index (χ0) is 21.2. The first kappa shape index (κ1) is 21.9. The van der Waals surface area contributed by atoms with E-state index in [1.54, 1.807) is 13.0 Å². The highest BCUT2D eigenvalue weighted by atomic mass is 19.2. The molecule has 0 atom stereocenters. The topological polar surface area (TPSA) is 20.3 Å². The Morgan fingerprint density at radius 3 is 2.31 bits per heavy atom. The van der Waals surface area contributed by atoms with E-state index >= 15 is 0 Å². The molecule has 0 amide bonds. The largest absolute Gasteiger partial charge is 0.303 e. The molecule has 1 aliphatic heterocycles. The van der Waals surface area contributed by atoms with E-state index in [1.807, 2.05) is 6.92 Å². The molecule has 0 spiro atoms. The molecule has 3 rings (SSSR count). The standard InChI is InChI=1S/C25H33F2NO/c1-17(2)21(18(3)25(4)12-8-13-25)24(29)20-11-10-19(22(26)23(20)27)9-7-16-28-14-5-6-15-28/h10-11H,1,5-9,12-16H2,2-4H3/b21-18-. The van der Waals surface area contributed by atoms with Gasteiger partial charge in [0.25, 0.3) is 0 Å². The second kappa shape index (κ2) is 8.91. The summed E-state index contributed by atoms with van der Waals surface area (Å²) in [5, 5.41) is 0. The van der Waals surface area contributed by atoms with Gasteiger partial charge < -0.3 is 4.90 Å². The predicted octanol–water partition coefficient (Wildman–Crippen LogP) is 6.26. The summed E-state index contributed by atoms with van der Waals surface area (Å²) in [6.07, 6.45) is 6.85. The second-order valence-electron chi connectivity index (χ2n) is 9.08. The molecule has 2 aliphatic rings. The molecule has 1 saturated heterocycles. The van der Waals surface area contributed by atoms with Crippen molar-refractivity contribution < 1.29 is 13.6 Å². The van der Waals surface area contributed by atoms with Gasteiger partial charge in [0.2, 0.25) is 0 Å². The van der Waals surface area contributed by atoms with Gasteiger partial charge in [0.1, 0.15) is 0 Å². The van der Waals surface area contributed by atoms with Crippen LogP contribution >= 0.6 is 0 Å². The van der Waals surface area contributed by atoms with Crippen LogP contribution in [0.25, 0.3) is 0 Å². The number of ketones is 1. The molecule has 1 saturated carbocycles. The fourth-order valence-electron chi connectivity index (χ4n) is 4.66. The lowest BCUT2D eigenvalue weighted by molar-refractivity contribution is 0.102. The first-order valence-electron chi connectivity index (χ1n) is 10.9. The number of aryl methyl sites for hydroxylation is 1. The monoisotopic (exact) mass is 401 g/mol. The van der Waals surface area contributed by atoms with Crippen LogP contribution in [0.5, 0.6) is 0 Å². The van der Waals surface area contributed by atoms with Crippen molar-refractivity contribution in [2.45, 2.75) is 65.7 Å². The van der Waals surface area contributed by atoms with Crippen LogP contribution in [-0.2, 0) is 6.42 Å². The second-order valence-corrected chi connectivity index (χ2v) is 9.08. The Kier molecular flexibility index (Phi) is 6.72. The number of rotatable bonds is 8. The predicted molar refractivity (Wildman–Crippen MR) is 114 cm³/mol. The molecule has 158 valence electrons. The van der Waals surface area contributed by atoms with Gasteiger partial charge in [0, 0.05) is 5.57 Å². The van der Waals surface area contributed by atoms with Gasteiger partial charge in [-0.2, -0.15) is 0 Å². The van der Waals surface area contributed by atoms with Crippen LogP contribution in [0.15, 0.2) is 35.4 Å². The third-order valence-corrected chi connectivity index (χ3v) is 6.92. The number of likely N-dealkylation sites (tertiary alicyclic amines) is 1. The van der Waals surface area contributed by atoms with Gasteiger partial charge >= 0.3 is 0 Å². The molecule has 2 fully saturated rings. The van der Waals surface area contributed by atoms with Gasteiger partial charge in [-0.15, -0.1) is 0 Å². The van der Waals surface area contributed by atoms with E-state index < -0.39 is 17.4 Å². The molecule has 4 heteroatoms. The van der Waals surface area contributed by atoms with Gasteiger partial charge in [-0.3, -0.25) is 4.79 Å². The molecule has 0 bridgehead atoms. The van der Waals surface area contributed by atoms with E-state index in [-0.39, 0.29) is 11.0 Å². The Labute approximate surface area is 173 Å². The Balaban J connectivity index is 1.80. The van der Waals surface area contributed by atoms with E-state index in [2.05, 4.69) is 18.4 Å². The molecule has 0 aromatic heterocycles. The Morgan fingerprint density at radius 1 is 1.10 bits per heavy atom. The van der Waals surface area contributed by atoms with Gasteiger partial charge in [-0.05, 0) is 94.6 Å². The molecule has 1 aromatic carbocycles. The minimum Gasteiger partial charge on any atom is -0.303 e. The fourth-order valence-corrected chi connectivity index (χ4v) is 4.66. The third kappa shape index (κ3) is 4.53. The molecule has 0 unspecified atom stereocenters. The van der Waals surface area contributed by atoms with Crippen molar-refractivity contribution in [1.29, 1.82) is 0 Å². The maximum absolute atomic E-state index is 14.9. The smallest absolute Gasteiger partial charge is 0.196 e. The van der Waals surface area contributed by atoms with Crippen molar-refractivity contribution in [2.75, 3.05) is 19.6 Å². The summed E-state index contributed by atoms with van der Waals surface area (Å²) < 4.78 is 29.6. The van der Waals surface area contributed by atoms with Crippen LogP contribution in [-0.4, -0.2) is 30.3 Å². The molecule has 29 heavy (non-hydrogen) atoms. The molecular weight excluding hydrogens is 368 g/mol. The van der Waals surface area contributed by atoms with Crippen LogP contribution in [0.4, 0.5) is 8.78 Å². The zero-order valence-electron chi connectivity index (χ0n) is 18.0. The molecule has 1 heterocycles. The van der Waals surface area contributed by atoms with Crippen molar-refractivity contribution in [2.24, 2.45) is 5.41 Å². The summed E-state index contributed by atoms with van der Waals surface area (Å²) in [7, 11) is 0. The van der Waals surface area contributed by atoms with Gasteiger partial charge in [0.05, 0.1) is 5.56 Å². The summed E-state index contributed by atoms with van der Waals surface area (Å²) in [5.41, 5.74) is 2.11. The number of benzene rings is 1. The van der Waals surface area contributed by atoms with Crippen LogP contribution in [0, 0.1) is 17.0 Å². The lowest BCUT2D eigenvalue weighted by atomic mass is 9.64. The SMILES string of the molecule is C=C(C)/C(C(=O)c1ccc(CCCN2CCCC2)c(F)c1F)=C(\C)C1(C)CCC1. The number of hydrogen-bond acceptors (Lipinski definition) is 2. The molecular formula is C25H33F2NO. The average molecular weight is 402 g/mol. The van der Waals surface area contributed by atoms with E-state index in [0.717, 1.165) is 50.9 Å². The minimum atomic E-state index is -1.03. The quantitative estimate of drug-likeness (QED) is 0.291.